The molecule has 1 fully saturated rings. The predicted molar refractivity (Wildman–Crippen MR) is 118 cm³/mol. The average molecular weight is 400 g/mol. The van der Waals surface area contributed by atoms with E-state index in [4.69, 9.17) is 15.5 Å². The second kappa shape index (κ2) is 8.22. The summed E-state index contributed by atoms with van der Waals surface area (Å²) in [5.41, 5.74) is 10.2. The van der Waals surface area contributed by atoms with Gasteiger partial charge in [-0.15, -0.1) is 0 Å². The van der Waals surface area contributed by atoms with E-state index in [1.807, 2.05) is 36.5 Å². The Labute approximate surface area is 175 Å². The zero-order valence-electron chi connectivity index (χ0n) is 16.6. The maximum Gasteiger partial charge on any atom is 0.226 e. The lowest BCUT2D eigenvalue weighted by molar-refractivity contribution is 0.0680. The van der Waals surface area contributed by atoms with Gasteiger partial charge in [-0.25, -0.2) is 15.0 Å². The molecule has 1 aromatic carbocycles. The molecule has 2 unspecified atom stereocenters. The summed E-state index contributed by atoms with van der Waals surface area (Å²) >= 11 is 0. The van der Waals surface area contributed by atoms with Crippen LogP contribution in [0.25, 0.3) is 12.2 Å². The number of nitrogens with two attached hydrogens (primary N) is 1. The van der Waals surface area contributed by atoms with E-state index >= 15 is 0 Å². The second-order valence-corrected chi connectivity index (χ2v) is 7.54. The third kappa shape index (κ3) is 3.77. The summed E-state index contributed by atoms with van der Waals surface area (Å²) in [4.78, 5) is 15.7. The number of rotatable bonds is 4. The fourth-order valence-electron chi connectivity index (χ4n) is 4.18. The van der Waals surface area contributed by atoms with Crippen molar-refractivity contribution in [3.63, 3.8) is 0 Å². The molecule has 0 aliphatic carbocycles. The van der Waals surface area contributed by atoms with Gasteiger partial charge >= 0.3 is 0 Å². The maximum absolute atomic E-state index is 5.77. The summed E-state index contributed by atoms with van der Waals surface area (Å²) < 4.78 is 5.76. The first-order valence-electron chi connectivity index (χ1n) is 10.2. The Morgan fingerprint density at radius 1 is 1.10 bits per heavy atom. The van der Waals surface area contributed by atoms with Crippen LogP contribution in [0.15, 0.2) is 54.9 Å². The number of benzene rings is 1. The zero-order valence-corrected chi connectivity index (χ0v) is 16.6. The van der Waals surface area contributed by atoms with Crippen LogP contribution in [0.1, 0.15) is 28.4 Å². The van der Waals surface area contributed by atoms with Gasteiger partial charge in [-0.2, -0.15) is 0 Å². The molecule has 0 bridgehead atoms. The summed E-state index contributed by atoms with van der Waals surface area (Å²) in [6.45, 7) is 3.07. The van der Waals surface area contributed by atoms with Gasteiger partial charge in [0, 0.05) is 25.5 Å². The van der Waals surface area contributed by atoms with Crippen molar-refractivity contribution < 1.29 is 4.74 Å². The highest BCUT2D eigenvalue weighted by Gasteiger charge is 2.38. The molecule has 0 saturated carbocycles. The average Bonchev–Trinajstić information content (AvgIpc) is 3.18. The fourth-order valence-corrected chi connectivity index (χ4v) is 4.18. The Hall–Kier alpha value is -3.29. The molecule has 4 heterocycles. The van der Waals surface area contributed by atoms with Crippen LogP contribution in [-0.2, 0) is 11.3 Å². The Morgan fingerprint density at radius 2 is 2.00 bits per heavy atom. The molecule has 3 N–H and O–H groups in total. The van der Waals surface area contributed by atoms with Crippen LogP contribution in [0.4, 0.5) is 11.8 Å². The number of pyridine rings is 1. The molecule has 0 radical (unpaired) electrons. The molecule has 3 aromatic rings. The van der Waals surface area contributed by atoms with E-state index in [1.54, 1.807) is 6.20 Å². The Bertz CT molecular complexity index is 1060. The van der Waals surface area contributed by atoms with E-state index in [0.29, 0.717) is 12.4 Å². The molecule has 7 heteroatoms. The molecule has 0 amide bonds. The minimum Gasteiger partial charge on any atom is -0.384 e. The molecule has 2 aliphatic heterocycles. The van der Waals surface area contributed by atoms with Gasteiger partial charge in [0.15, 0.2) is 0 Å². The van der Waals surface area contributed by atoms with E-state index in [1.165, 1.54) is 11.1 Å². The van der Waals surface area contributed by atoms with Gasteiger partial charge in [-0.1, -0.05) is 30.3 Å². The first-order valence-corrected chi connectivity index (χ1v) is 10.2. The van der Waals surface area contributed by atoms with Crippen molar-refractivity contribution in [3.8, 4) is 0 Å². The second-order valence-electron chi connectivity index (χ2n) is 7.54. The fraction of sp³-hybridized carbons (Fsp3) is 0.261. The number of fused-ring (bicyclic) bond motifs is 1. The van der Waals surface area contributed by atoms with Gasteiger partial charge < -0.3 is 20.7 Å². The molecule has 2 aromatic heterocycles. The van der Waals surface area contributed by atoms with Crippen LogP contribution in [0.2, 0.25) is 0 Å². The number of anilines is 2. The highest BCUT2D eigenvalue weighted by Crippen LogP contribution is 2.38. The first kappa shape index (κ1) is 18.7. The standard InChI is InChI=1S/C23H24N6O/c24-21-13-16(7-9-26-21)5-6-18-8-10-27-23(28-18)29-14-17-3-1-2-4-19(17)22(29)20-15-30-12-11-25-20/h1-10,13,20,22,25H,11-12,14-15H2,(H2,24,26)/b6-5+. The van der Waals surface area contributed by atoms with Crippen molar-refractivity contribution in [2.45, 2.75) is 18.6 Å². The van der Waals surface area contributed by atoms with E-state index < -0.39 is 0 Å². The summed E-state index contributed by atoms with van der Waals surface area (Å²) in [5.74, 6) is 1.22. The molecule has 7 nitrogen and oxygen atoms in total. The SMILES string of the molecule is Nc1cc(/C=C/c2ccnc(N3Cc4ccccc4C3C3COCCN3)n2)ccn1. The molecular weight excluding hydrogens is 376 g/mol. The number of nitrogen functional groups attached to an aromatic ring is 1. The zero-order chi connectivity index (χ0) is 20.3. The normalized spacial score (nSPS) is 21.1. The summed E-state index contributed by atoms with van der Waals surface area (Å²) in [7, 11) is 0. The maximum atomic E-state index is 5.77. The molecule has 30 heavy (non-hydrogen) atoms. The number of hydrogen-bond acceptors (Lipinski definition) is 7. The van der Waals surface area contributed by atoms with Crippen molar-refractivity contribution in [3.05, 3.63) is 77.2 Å². The van der Waals surface area contributed by atoms with Crippen molar-refractivity contribution >= 4 is 23.9 Å². The van der Waals surface area contributed by atoms with Crippen LogP contribution in [0.5, 0.6) is 0 Å². The lowest BCUT2D eigenvalue weighted by atomic mass is 9.98. The minimum atomic E-state index is 0.140. The Morgan fingerprint density at radius 3 is 2.87 bits per heavy atom. The largest absolute Gasteiger partial charge is 0.384 e. The quantitative estimate of drug-likeness (QED) is 0.696. The third-order valence-corrected chi connectivity index (χ3v) is 5.55. The van der Waals surface area contributed by atoms with Gasteiger partial charge in [0.1, 0.15) is 5.82 Å². The number of ether oxygens (including phenoxy) is 1. The van der Waals surface area contributed by atoms with Crippen molar-refractivity contribution in [1.29, 1.82) is 0 Å². The van der Waals surface area contributed by atoms with Gasteiger partial charge in [0.25, 0.3) is 0 Å². The first-order chi connectivity index (χ1) is 14.8. The molecule has 1 saturated heterocycles. The lowest BCUT2D eigenvalue weighted by Crippen LogP contribution is -2.49. The highest BCUT2D eigenvalue weighted by atomic mass is 16.5. The predicted octanol–water partition coefficient (Wildman–Crippen LogP) is 2.67. The van der Waals surface area contributed by atoms with Crippen molar-refractivity contribution in [1.82, 2.24) is 20.3 Å². The van der Waals surface area contributed by atoms with Gasteiger partial charge in [0.2, 0.25) is 5.95 Å². The molecule has 5 rings (SSSR count). The van der Waals surface area contributed by atoms with Crippen LogP contribution < -0.4 is 16.0 Å². The van der Waals surface area contributed by atoms with Crippen molar-refractivity contribution in [2.75, 3.05) is 30.4 Å². The molecule has 0 spiro atoms. The van der Waals surface area contributed by atoms with E-state index in [-0.39, 0.29) is 12.1 Å². The van der Waals surface area contributed by atoms with Gasteiger partial charge in [-0.05, 0) is 41.0 Å². The number of nitrogens with zero attached hydrogens (tertiary/aromatic N) is 4. The van der Waals surface area contributed by atoms with Crippen molar-refractivity contribution in [2.24, 2.45) is 0 Å². The van der Waals surface area contributed by atoms with E-state index in [2.05, 4.69) is 44.5 Å². The van der Waals surface area contributed by atoms with Crippen LogP contribution in [0.3, 0.4) is 0 Å². The van der Waals surface area contributed by atoms with Gasteiger partial charge in [-0.3, -0.25) is 0 Å². The Balaban J connectivity index is 1.45. The van der Waals surface area contributed by atoms with Crippen LogP contribution in [-0.4, -0.2) is 40.8 Å². The smallest absolute Gasteiger partial charge is 0.226 e. The van der Waals surface area contributed by atoms with E-state index in [0.717, 1.165) is 36.9 Å². The molecule has 152 valence electrons. The number of nitrogens with one attached hydrogen (secondary N) is 1. The van der Waals surface area contributed by atoms with Crippen LogP contribution >= 0.6 is 0 Å². The highest BCUT2D eigenvalue weighted by molar-refractivity contribution is 5.69. The van der Waals surface area contributed by atoms with Crippen LogP contribution in [0, 0.1) is 0 Å². The molecule has 2 atom stereocenters. The van der Waals surface area contributed by atoms with E-state index in [9.17, 15) is 0 Å². The van der Waals surface area contributed by atoms with Gasteiger partial charge in [0.05, 0.1) is 31.0 Å². The summed E-state index contributed by atoms with van der Waals surface area (Å²) in [6.07, 6.45) is 7.47. The lowest BCUT2D eigenvalue weighted by Gasteiger charge is -2.35. The monoisotopic (exact) mass is 400 g/mol. The topological polar surface area (TPSA) is 89.2 Å². The summed E-state index contributed by atoms with van der Waals surface area (Å²) in [6, 6.07) is 14.6. The number of aromatic nitrogens is 3. The third-order valence-electron chi connectivity index (χ3n) is 5.55. The Kier molecular flexibility index (Phi) is 5.13. The minimum absolute atomic E-state index is 0.140. The molecule has 2 aliphatic rings. The number of hydrogen-bond donors (Lipinski definition) is 2. The molecular formula is C23H24N6O. The summed E-state index contributed by atoms with van der Waals surface area (Å²) in [5, 5.41) is 3.61. The number of morpholine rings is 1.